The molecule has 2 aromatic rings. The van der Waals surface area contributed by atoms with E-state index in [0.717, 1.165) is 0 Å². The van der Waals surface area contributed by atoms with Crippen molar-refractivity contribution in [1.29, 1.82) is 0 Å². The summed E-state index contributed by atoms with van der Waals surface area (Å²) in [6, 6.07) is 5.25. The van der Waals surface area contributed by atoms with Gasteiger partial charge in [-0.1, -0.05) is 11.6 Å². The second kappa shape index (κ2) is 5.35. The first-order valence-corrected chi connectivity index (χ1v) is 6.52. The Morgan fingerprint density at radius 2 is 1.89 bits per heavy atom. The van der Waals surface area contributed by atoms with E-state index < -0.39 is 5.82 Å². The molecule has 19 heavy (non-hydrogen) atoms. The number of benzene rings is 2. The van der Waals surface area contributed by atoms with Gasteiger partial charge < -0.3 is 11.1 Å². The van der Waals surface area contributed by atoms with E-state index in [1.807, 2.05) is 0 Å². The molecule has 0 atom stereocenters. The van der Waals surface area contributed by atoms with Crippen LogP contribution in [0.25, 0.3) is 0 Å². The van der Waals surface area contributed by atoms with E-state index in [1.54, 1.807) is 13.0 Å². The molecule has 0 bridgehead atoms. The van der Waals surface area contributed by atoms with Crippen molar-refractivity contribution in [3.8, 4) is 0 Å². The normalized spacial score (nSPS) is 10.6. The van der Waals surface area contributed by atoms with Crippen molar-refractivity contribution in [3.63, 3.8) is 0 Å². The minimum atomic E-state index is -0.453. The van der Waals surface area contributed by atoms with Crippen molar-refractivity contribution in [1.82, 2.24) is 0 Å². The molecule has 2 aromatic carbocycles. The molecule has 0 aromatic heterocycles. The number of nitrogens with one attached hydrogen (secondary N) is 1. The molecule has 2 nitrogen and oxygen atoms in total. The molecular formula is C13H10BrClF2N2. The van der Waals surface area contributed by atoms with Gasteiger partial charge in [-0.3, -0.25) is 0 Å². The average molecular weight is 348 g/mol. The van der Waals surface area contributed by atoms with Gasteiger partial charge in [-0.2, -0.15) is 0 Å². The number of aryl methyl sites for hydroxylation is 1. The fourth-order valence-electron chi connectivity index (χ4n) is 1.60. The Morgan fingerprint density at radius 3 is 2.53 bits per heavy atom. The van der Waals surface area contributed by atoms with Crippen LogP contribution >= 0.6 is 27.5 Å². The van der Waals surface area contributed by atoms with Crippen LogP contribution in [0, 0.1) is 18.6 Å². The monoisotopic (exact) mass is 346 g/mol. The summed E-state index contributed by atoms with van der Waals surface area (Å²) >= 11 is 9.17. The predicted molar refractivity (Wildman–Crippen MR) is 77.9 cm³/mol. The summed E-state index contributed by atoms with van der Waals surface area (Å²) in [6.07, 6.45) is 0. The smallest absolute Gasteiger partial charge is 0.128 e. The van der Waals surface area contributed by atoms with Crippen molar-refractivity contribution in [2.24, 2.45) is 0 Å². The highest BCUT2D eigenvalue weighted by atomic mass is 79.9. The molecule has 2 rings (SSSR count). The summed E-state index contributed by atoms with van der Waals surface area (Å²) in [6.45, 7) is 1.63. The molecule has 100 valence electrons. The number of hydrogen-bond acceptors (Lipinski definition) is 2. The molecule has 3 N–H and O–H groups in total. The summed E-state index contributed by atoms with van der Waals surface area (Å²) in [5, 5.41) is 3.17. The lowest BCUT2D eigenvalue weighted by atomic mass is 10.1. The fourth-order valence-corrected chi connectivity index (χ4v) is 2.50. The van der Waals surface area contributed by atoms with Gasteiger partial charge in [0.15, 0.2) is 0 Å². The van der Waals surface area contributed by atoms with Gasteiger partial charge in [-0.25, -0.2) is 8.78 Å². The van der Waals surface area contributed by atoms with Crippen LogP contribution in [-0.2, 0) is 0 Å². The molecule has 0 saturated heterocycles. The molecule has 0 unspecified atom stereocenters. The van der Waals surface area contributed by atoms with Crippen molar-refractivity contribution in [3.05, 3.63) is 51.0 Å². The van der Waals surface area contributed by atoms with Crippen molar-refractivity contribution < 1.29 is 8.78 Å². The molecule has 0 radical (unpaired) electrons. The van der Waals surface area contributed by atoms with Gasteiger partial charge in [-0.15, -0.1) is 0 Å². The van der Waals surface area contributed by atoms with Crippen LogP contribution in [0.5, 0.6) is 0 Å². The van der Waals surface area contributed by atoms with Gasteiger partial charge in [0.25, 0.3) is 0 Å². The highest BCUT2D eigenvalue weighted by Gasteiger charge is 2.11. The zero-order valence-corrected chi connectivity index (χ0v) is 12.2. The summed E-state index contributed by atoms with van der Waals surface area (Å²) in [5.41, 5.74) is 7.41. The lowest BCUT2D eigenvalue weighted by Gasteiger charge is -2.14. The van der Waals surface area contributed by atoms with Gasteiger partial charge in [0, 0.05) is 4.47 Å². The van der Waals surface area contributed by atoms with Crippen LogP contribution < -0.4 is 11.1 Å². The molecule has 0 aliphatic rings. The first-order chi connectivity index (χ1) is 8.88. The van der Waals surface area contributed by atoms with E-state index in [9.17, 15) is 8.78 Å². The van der Waals surface area contributed by atoms with E-state index in [2.05, 4.69) is 21.2 Å². The quantitative estimate of drug-likeness (QED) is 0.749. The topological polar surface area (TPSA) is 38.0 Å². The number of nitrogens with two attached hydrogens (primary N) is 1. The van der Waals surface area contributed by atoms with Gasteiger partial charge in [0.2, 0.25) is 0 Å². The van der Waals surface area contributed by atoms with Crippen molar-refractivity contribution >= 4 is 44.6 Å². The Hall–Kier alpha value is -1.33. The number of anilines is 3. The summed E-state index contributed by atoms with van der Waals surface area (Å²) in [4.78, 5) is 0. The summed E-state index contributed by atoms with van der Waals surface area (Å²) in [7, 11) is 0. The maximum atomic E-state index is 13.3. The van der Waals surface area contributed by atoms with Crippen LogP contribution in [0.15, 0.2) is 28.7 Å². The number of rotatable bonds is 2. The minimum absolute atomic E-state index is 0.202. The number of hydrogen-bond donors (Lipinski definition) is 2. The maximum Gasteiger partial charge on any atom is 0.128 e. The molecule has 0 amide bonds. The average Bonchev–Trinajstić information content (AvgIpc) is 2.29. The molecule has 6 heteroatoms. The molecule has 0 aliphatic carbocycles. The number of nitrogen functional groups attached to an aromatic ring is 1. The summed E-state index contributed by atoms with van der Waals surface area (Å²) in [5.74, 6) is -0.835. The molecule has 0 heterocycles. The Morgan fingerprint density at radius 1 is 1.21 bits per heavy atom. The first kappa shape index (κ1) is 14.1. The predicted octanol–water partition coefficient (Wildman–Crippen LogP) is 5.01. The van der Waals surface area contributed by atoms with E-state index in [-0.39, 0.29) is 16.5 Å². The first-order valence-electron chi connectivity index (χ1n) is 5.35. The van der Waals surface area contributed by atoms with Crippen LogP contribution in [-0.4, -0.2) is 0 Å². The Bertz CT molecular complexity index is 624. The lowest BCUT2D eigenvalue weighted by Crippen LogP contribution is -2.00. The molecule has 0 fully saturated rings. The molecule has 0 saturated carbocycles. The second-order valence-corrected chi connectivity index (χ2v) is 5.32. The SMILES string of the molecule is Cc1cc(Nc2c(Cl)cc(F)cc2Br)c(N)cc1F. The highest BCUT2D eigenvalue weighted by molar-refractivity contribution is 9.10. The van der Waals surface area contributed by atoms with E-state index in [1.165, 1.54) is 18.2 Å². The third-order valence-electron chi connectivity index (χ3n) is 2.60. The maximum absolute atomic E-state index is 13.3. The van der Waals surface area contributed by atoms with E-state index in [0.29, 0.717) is 21.4 Å². The van der Waals surface area contributed by atoms with Gasteiger partial charge >= 0.3 is 0 Å². The highest BCUT2D eigenvalue weighted by Crippen LogP contribution is 2.36. The van der Waals surface area contributed by atoms with Gasteiger partial charge in [-0.05, 0) is 52.7 Å². The van der Waals surface area contributed by atoms with Gasteiger partial charge in [0.1, 0.15) is 11.6 Å². The van der Waals surface area contributed by atoms with Crippen molar-refractivity contribution in [2.75, 3.05) is 11.1 Å². The molecule has 0 spiro atoms. The second-order valence-electron chi connectivity index (χ2n) is 4.06. The Labute approximate surface area is 122 Å². The zero-order valence-electron chi connectivity index (χ0n) is 9.90. The van der Waals surface area contributed by atoms with Crippen LogP contribution in [0.3, 0.4) is 0 Å². The standard InChI is InChI=1S/C13H10BrClF2N2/c1-6-2-12(11(18)5-10(6)17)19-13-8(14)3-7(16)4-9(13)15/h2-5,19H,18H2,1H3. The third kappa shape index (κ3) is 2.98. The fraction of sp³-hybridized carbons (Fsp3) is 0.0769. The van der Waals surface area contributed by atoms with Gasteiger partial charge in [0.05, 0.1) is 22.1 Å². The van der Waals surface area contributed by atoms with E-state index in [4.69, 9.17) is 17.3 Å². The largest absolute Gasteiger partial charge is 0.397 e. The summed E-state index contributed by atoms with van der Waals surface area (Å²) < 4.78 is 26.9. The molecular weight excluding hydrogens is 338 g/mol. The Kier molecular flexibility index (Phi) is 3.96. The molecule has 0 aliphatic heterocycles. The van der Waals surface area contributed by atoms with Crippen LogP contribution in [0.1, 0.15) is 5.56 Å². The van der Waals surface area contributed by atoms with Crippen LogP contribution in [0.4, 0.5) is 25.8 Å². The third-order valence-corrected chi connectivity index (χ3v) is 3.52. The van der Waals surface area contributed by atoms with E-state index >= 15 is 0 Å². The Balaban J connectivity index is 2.45. The number of halogens is 4. The minimum Gasteiger partial charge on any atom is -0.397 e. The van der Waals surface area contributed by atoms with Crippen molar-refractivity contribution in [2.45, 2.75) is 6.92 Å². The van der Waals surface area contributed by atoms with Crippen LogP contribution in [0.2, 0.25) is 5.02 Å². The zero-order chi connectivity index (χ0) is 14.2. The lowest BCUT2D eigenvalue weighted by molar-refractivity contribution is 0.619.